The van der Waals surface area contributed by atoms with Gasteiger partial charge in [0.15, 0.2) is 5.69 Å². The van der Waals surface area contributed by atoms with Gasteiger partial charge in [-0.2, -0.15) is 5.10 Å². The molecular weight excluding hydrogens is 296 g/mol. The average Bonchev–Trinajstić information content (AvgIpc) is 3.21. The Hall–Kier alpha value is -2.22. The van der Waals surface area contributed by atoms with Crippen LogP contribution in [-0.4, -0.2) is 43.8 Å². The van der Waals surface area contributed by atoms with Crippen LogP contribution in [0.2, 0.25) is 0 Å². The predicted octanol–water partition coefficient (Wildman–Crippen LogP) is 0.929. The normalized spacial score (nSPS) is 21.3. The van der Waals surface area contributed by atoms with Crippen molar-refractivity contribution in [3.8, 4) is 0 Å². The molecule has 8 nitrogen and oxygen atoms in total. The van der Waals surface area contributed by atoms with Crippen LogP contribution in [-0.2, 0) is 18.3 Å². The first kappa shape index (κ1) is 15.7. The molecule has 23 heavy (non-hydrogen) atoms. The highest BCUT2D eigenvalue weighted by atomic mass is 16.5. The summed E-state index contributed by atoms with van der Waals surface area (Å²) in [7, 11) is 1.74. The third kappa shape index (κ3) is 3.42. The molecule has 0 aliphatic carbocycles. The molecule has 124 valence electrons. The minimum absolute atomic E-state index is 0.0339. The number of nitrogens with zero attached hydrogens (tertiary/aromatic N) is 5. The maximum absolute atomic E-state index is 12.1. The van der Waals surface area contributed by atoms with E-state index in [-0.39, 0.29) is 17.9 Å². The molecule has 0 bridgehead atoms. The van der Waals surface area contributed by atoms with Crippen LogP contribution in [0.4, 0.5) is 0 Å². The minimum atomic E-state index is -0.202. The topological polar surface area (TPSA) is 86.9 Å². The highest BCUT2D eigenvalue weighted by molar-refractivity contribution is 5.91. The van der Waals surface area contributed by atoms with E-state index in [1.165, 1.54) is 4.68 Å². The summed E-state index contributed by atoms with van der Waals surface area (Å²) < 4.78 is 9.44. The van der Waals surface area contributed by atoms with Crippen LogP contribution in [0, 0.1) is 5.92 Å². The van der Waals surface area contributed by atoms with Crippen LogP contribution in [0.25, 0.3) is 0 Å². The van der Waals surface area contributed by atoms with Gasteiger partial charge in [-0.25, -0.2) is 0 Å². The van der Waals surface area contributed by atoms with E-state index in [1.54, 1.807) is 19.4 Å². The molecule has 0 saturated carbocycles. The van der Waals surface area contributed by atoms with Gasteiger partial charge in [0.25, 0.3) is 5.91 Å². The smallest absolute Gasteiger partial charge is 0.273 e. The highest BCUT2D eigenvalue weighted by Crippen LogP contribution is 2.33. The number of carbonyl (C=O) groups excluding carboxylic acids is 1. The molecule has 1 aliphatic heterocycles. The lowest BCUT2D eigenvalue weighted by Crippen LogP contribution is -2.36. The summed E-state index contributed by atoms with van der Waals surface area (Å²) in [6.45, 7) is 4.16. The van der Waals surface area contributed by atoms with Crippen molar-refractivity contribution in [1.29, 1.82) is 0 Å². The number of amides is 1. The van der Waals surface area contributed by atoms with Gasteiger partial charge in [0.1, 0.15) is 6.10 Å². The monoisotopic (exact) mass is 318 g/mol. The third-order valence-electron chi connectivity index (χ3n) is 4.15. The number of aryl methyl sites for hydroxylation is 2. The number of nitrogens with one attached hydrogen (secondary N) is 1. The van der Waals surface area contributed by atoms with E-state index < -0.39 is 0 Å². The Balaban J connectivity index is 1.66. The van der Waals surface area contributed by atoms with Gasteiger partial charge in [0, 0.05) is 38.9 Å². The Morgan fingerprint density at radius 1 is 1.52 bits per heavy atom. The number of hydrogen-bond donors (Lipinski definition) is 1. The van der Waals surface area contributed by atoms with E-state index in [4.69, 9.17) is 4.74 Å². The summed E-state index contributed by atoms with van der Waals surface area (Å²) in [6, 6.07) is 2.00. The van der Waals surface area contributed by atoms with E-state index in [1.807, 2.05) is 10.7 Å². The summed E-state index contributed by atoms with van der Waals surface area (Å²) in [4.78, 5) is 12.1. The molecule has 2 atom stereocenters. The fourth-order valence-corrected chi connectivity index (χ4v) is 2.99. The number of hydrogen-bond acceptors (Lipinski definition) is 5. The van der Waals surface area contributed by atoms with Gasteiger partial charge < -0.3 is 10.1 Å². The number of rotatable bonds is 5. The second-order valence-corrected chi connectivity index (χ2v) is 5.75. The van der Waals surface area contributed by atoms with Crippen molar-refractivity contribution < 1.29 is 9.53 Å². The van der Waals surface area contributed by atoms with Crippen molar-refractivity contribution in [2.24, 2.45) is 13.0 Å². The van der Waals surface area contributed by atoms with E-state index in [2.05, 4.69) is 27.7 Å². The van der Waals surface area contributed by atoms with Crippen molar-refractivity contribution >= 4 is 5.91 Å². The van der Waals surface area contributed by atoms with Crippen molar-refractivity contribution in [2.45, 2.75) is 32.4 Å². The molecule has 0 aromatic carbocycles. The molecule has 2 aromatic heterocycles. The van der Waals surface area contributed by atoms with Crippen LogP contribution in [0.5, 0.6) is 0 Å². The van der Waals surface area contributed by atoms with Gasteiger partial charge in [-0.15, -0.1) is 5.10 Å². The van der Waals surface area contributed by atoms with Gasteiger partial charge in [0.05, 0.1) is 11.9 Å². The fraction of sp³-hybridized carbons (Fsp3) is 0.600. The number of carbonyl (C=O) groups is 1. The van der Waals surface area contributed by atoms with Crippen LogP contribution < -0.4 is 5.32 Å². The van der Waals surface area contributed by atoms with Gasteiger partial charge in [0.2, 0.25) is 0 Å². The van der Waals surface area contributed by atoms with Crippen LogP contribution in [0.3, 0.4) is 0 Å². The lowest BCUT2D eigenvalue weighted by atomic mass is 9.92. The molecule has 1 N–H and O–H groups in total. The summed E-state index contributed by atoms with van der Waals surface area (Å²) in [5.74, 6) is 0.0257. The Morgan fingerprint density at radius 3 is 3.13 bits per heavy atom. The second kappa shape index (κ2) is 6.91. The molecule has 0 unspecified atom stereocenters. The van der Waals surface area contributed by atoms with E-state index in [9.17, 15) is 4.79 Å². The lowest BCUT2D eigenvalue weighted by molar-refractivity contribution is -0.0321. The predicted molar refractivity (Wildman–Crippen MR) is 82.7 cm³/mol. The Labute approximate surface area is 134 Å². The summed E-state index contributed by atoms with van der Waals surface area (Å²) in [6.07, 6.45) is 5.39. The molecule has 1 amide bonds. The van der Waals surface area contributed by atoms with Crippen LogP contribution in [0.15, 0.2) is 18.5 Å². The average molecular weight is 318 g/mol. The van der Waals surface area contributed by atoms with Crippen molar-refractivity contribution in [3.63, 3.8) is 0 Å². The molecule has 3 heterocycles. The first-order valence-electron chi connectivity index (χ1n) is 7.97. The first-order valence-corrected chi connectivity index (χ1v) is 7.97. The van der Waals surface area contributed by atoms with E-state index in [0.717, 1.165) is 31.7 Å². The third-order valence-corrected chi connectivity index (χ3v) is 4.15. The molecule has 2 aromatic rings. The number of ether oxygens (including phenoxy) is 1. The maximum atomic E-state index is 12.1. The molecule has 0 spiro atoms. The molecule has 1 saturated heterocycles. The highest BCUT2D eigenvalue weighted by Gasteiger charge is 2.30. The molecule has 8 heteroatoms. The van der Waals surface area contributed by atoms with E-state index in [0.29, 0.717) is 12.2 Å². The number of aromatic nitrogens is 5. The fourth-order valence-electron chi connectivity index (χ4n) is 2.99. The molecule has 3 rings (SSSR count). The largest absolute Gasteiger partial charge is 0.372 e. The standard InChI is InChI=1S/C15H22N6O2/c1-3-21-13(6-7-17-21)14-11(5-4-8-23-14)9-16-15(22)12-10-20(2)19-18-12/h6-7,10-11,14H,3-5,8-9H2,1-2H3,(H,16,22)/t11-,14+/m0/s1. The summed E-state index contributed by atoms with van der Waals surface area (Å²) in [5.41, 5.74) is 1.41. The molecule has 1 fully saturated rings. The Bertz CT molecular complexity index is 664. The van der Waals surface area contributed by atoms with Gasteiger partial charge in [-0.05, 0) is 25.8 Å². The Morgan fingerprint density at radius 2 is 2.39 bits per heavy atom. The van der Waals surface area contributed by atoms with Crippen LogP contribution in [0.1, 0.15) is 42.1 Å². The second-order valence-electron chi connectivity index (χ2n) is 5.75. The zero-order chi connectivity index (χ0) is 16.2. The van der Waals surface area contributed by atoms with E-state index >= 15 is 0 Å². The molecule has 1 aliphatic rings. The summed E-state index contributed by atoms with van der Waals surface area (Å²) >= 11 is 0. The van der Waals surface area contributed by atoms with Crippen molar-refractivity contribution in [2.75, 3.05) is 13.2 Å². The van der Waals surface area contributed by atoms with Gasteiger partial charge in [-0.3, -0.25) is 14.2 Å². The van der Waals surface area contributed by atoms with Crippen LogP contribution >= 0.6 is 0 Å². The zero-order valence-electron chi connectivity index (χ0n) is 13.5. The molecular formula is C15H22N6O2. The SMILES string of the molecule is CCn1nccc1[C@@H]1OCCC[C@H]1CNC(=O)c1cn(C)nn1. The van der Waals surface area contributed by atoms with Gasteiger partial charge in [-0.1, -0.05) is 5.21 Å². The van der Waals surface area contributed by atoms with Crippen molar-refractivity contribution in [1.82, 2.24) is 30.1 Å². The minimum Gasteiger partial charge on any atom is -0.372 e. The molecule has 0 radical (unpaired) electrons. The summed E-state index contributed by atoms with van der Waals surface area (Å²) in [5, 5.41) is 14.9. The van der Waals surface area contributed by atoms with Crippen molar-refractivity contribution in [3.05, 3.63) is 29.8 Å². The quantitative estimate of drug-likeness (QED) is 0.886. The van der Waals surface area contributed by atoms with Gasteiger partial charge >= 0.3 is 0 Å². The maximum Gasteiger partial charge on any atom is 0.273 e. The lowest BCUT2D eigenvalue weighted by Gasteiger charge is -2.32. The Kier molecular flexibility index (Phi) is 4.71. The first-order chi connectivity index (χ1) is 11.2. The zero-order valence-corrected chi connectivity index (χ0v) is 13.5.